The van der Waals surface area contributed by atoms with Crippen LogP contribution >= 0.6 is 23.2 Å². The molecule has 2 heterocycles. The summed E-state index contributed by atoms with van der Waals surface area (Å²) in [5.74, 6) is -0.881. The van der Waals surface area contributed by atoms with Crippen molar-refractivity contribution in [1.29, 1.82) is 0 Å². The zero-order chi connectivity index (χ0) is 19.6. The topological polar surface area (TPSA) is 59.5 Å². The second-order valence-corrected chi connectivity index (χ2v) is 6.77. The number of carbonyl (C=O) groups excluding carboxylic acids is 2. The molecule has 0 radical (unpaired) electrons. The van der Waals surface area contributed by atoms with E-state index in [2.05, 4.69) is 4.98 Å². The fourth-order valence-corrected chi connectivity index (χ4v) is 3.33. The number of hydrogen-bond donors (Lipinski definition) is 0. The first-order valence-electron chi connectivity index (χ1n) is 8.09. The lowest BCUT2D eigenvalue weighted by molar-refractivity contribution is -0.136. The molecular formula is C20H16Cl2N2O3. The molecule has 2 aromatic rings. The number of aromatic nitrogens is 1. The van der Waals surface area contributed by atoms with Crippen LogP contribution in [0.1, 0.15) is 18.1 Å². The Morgan fingerprint density at radius 3 is 2.70 bits per heavy atom. The maximum absolute atomic E-state index is 13.1. The zero-order valence-electron chi connectivity index (χ0n) is 14.7. The van der Waals surface area contributed by atoms with E-state index in [0.29, 0.717) is 27.9 Å². The molecule has 3 rings (SSSR count). The molecular weight excluding hydrogens is 387 g/mol. The molecule has 0 spiro atoms. The highest BCUT2D eigenvalue weighted by Crippen LogP contribution is 2.34. The van der Waals surface area contributed by atoms with Gasteiger partial charge in [-0.1, -0.05) is 35.3 Å². The van der Waals surface area contributed by atoms with Gasteiger partial charge in [-0.2, -0.15) is 0 Å². The number of methoxy groups -OCH3 is 1. The number of pyridine rings is 1. The molecule has 0 atom stereocenters. The fourth-order valence-electron chi connectivity index (χ4n) is 2.87. The van der Waals surface area contributed by atoms with Gasteiger partial charge in [0.25, 0.3) is 5.91 Å². The minimum Gasteiger partial charge on any atom is -0.465 e. The molecule has 1 aliphatic heterocycles. The Labute approximate surface area is 166 Å². The van der Waals surface area contributed by atoms with Crippen LogP contribution in [0.4, 0.5) is 0 Å². The summed E-state index contributed by atoms with van der Waals surface area (Å²) in [6.45, 7) is 2.01. The SMILES string of the molecule is COC(=O)C1=C(C)N(Cc2cccnc2)C(=O)C1=Cc1ccc(Cl)cc1Cl. The highest BCUT2D eigenvalue weighted by molar-refractivity contribution is 6.35. The summed E-state index contributed by atoms with van der Waals surface area (Å²) in [6.07, 6.45) is 4.92. The molecule has 7 heteroatoms. The van der Waals surface area contributed by atoms with Gasteiger partial charge in [-0.05, 0) is 42.3 Å². The molecule has 0 bridgehead atoms. The molecule has 27 heavy (non-hydrogen) atoms. The Morgan fingerprint density at radius 1 is 1.30 bits per heavy atom. The van der Waals surface area contributed by atoms with Crippen molar-refractivity contribution in [3.8, 4) is 0 Å². The van der Waals surface area contributed by atoms with Gasteiger partial charge in [0.15, 0.2) is 0 Å². The average Bonchev–Trinajstić information content (AvgIpc) is 2.88. The van der Waals surface area contributed by atoms with E-state index in [0.717, 1.165) is 5.56 Å². The summed E-state index contributed by atoms with van der Waals surface area (Å²) in [5, 5.41) is 0.869. The summed E-state index contributed by atoms with van der Waals surface area (Å²) in [6, 6.07) is 8.60. The average molecular weight is 403 g/mol. The van der Waals surface area contributed by atoms with Crippen molar-refractivity contribution in [2.24, 2.45) is 0 Å². The molecule has 0 aliphatic carbocycles. The maximum atomic E-state index is 13.1. The lowest BCUT2D eigenvalue weighted by Gasteiger charge is -2.17. The van der Waals surface area contributed by atoms with Crippen molar-refractivity contribution < 1.29 is 14.3 Å². The molecule has 1 aliphatic rings. The third-order valence-electron chi connectivity index (χ3n) is 4.23. The lowest BCUT2D eigenvalue weighted by atomic mass is 10.0. The van der Waals surface area contributed by atoms with Crippen LogP contribution < -0.4 is 0 Å². The van der Waals surface area contributed by atoms with Gasteiger partial charge in [0.1, 0.15) is 0 Å². The van der Waals surface area contributed by atoms with Crippen molar-refractivity contribution in [3.05, 3.63) is 80.7 Å². The normalized spacial score (nSPS) is 15.6. The fraction of sp³-hybridized carbons (Fsp3) is 0.150. The van der Waals surface area contributed by atoms with Crippen LogP contribution in [-0.2, 0) is 20.9 Å². The Bertz CT molecular complexity index is 968. The monoisotopic (exact) mass is 402 g/mol. The molecule has 0 unspecified atom stereocenters. The molecule has 1 aromatic carbocycles. The predicted octanol–water partition coefficient (Wildman–Crippen LogP) is 4.26. The van der Waals surface area contributed by atoms with E-state index >= 15 is 0 Å². The van der Waals surface area contributed by atoms with E-state index < -0.39 is 5.97 Å². The molecule has 0 saturated heterocycles. The smallest absolute Gasteiger partial charge is 0.340 e. The highest BCUT2D eigenvalue weighted by atomic mass is 35.5. The number of amides is 1. The molecule has 138 valence electrons. The van der Waals surface area contributed by atoms with Crippen molar-refractivity contribution in [2.75, 3.05) is 7.11 Å². The van der Waals surface area contributed by atoms with E-state index in [1.807, 2.05) is 6.07 Å². The predicted molar refractivity (Wildman–Crippen MR) is 104 cm³/mol. The molecule has 5 nitrogen and oxygen atoms in total. The van der Waals surface area contributed by atoms with Crippen LogP contribution in [0.3, 0.4) is 0 Å². The van der Waals surface area contributed by atoms with Crippen LogP contribution in [0.5, 0.6) is 0 Å². The number of esters is 1. The van der Waals surface area contributed by atoms with E-state index in [1.54, 1.807) is 49.7 Å². The van der Waals surface area contributed by atoms with Gasteiger partial charge in [0.2, 0.25) is 0 Å². The van der Waals surface area contributed by atoms with Gasteiger partial charge < -0.3 is 9.64 Å². The minimum absolute atomic E-state index is 0.220. The van der Waals surface area contributed by atoms with Gasteiger partial charge in [-0.3, -0.25) is 9.78 Å². The summed E-state index contributed by atoms with van der Waals surface area (Å²) >= 11 is 12.2. The van der Waals surface area contributed by atoms with Crippen molar-refractivity contribution >= 4 is 41.2 Å². The first kappa shape index (κ1) is 19.1. The second kappa shape index (κ2) is 7.94. The number of halogens is 2. The van der Waals surface area contributed by atoms with Crippen LogP contribution in [0, 0.1) is 0 Å². The highest BCUT2D eigenvalue weighted by Gasteiger charge is 2.37. The number of allylic oxidation sites excluding steroid dienone is 1. The number of ether oxygens (including phenoxy) is 1. The Hall–Kier alpha value is -2.63. The molecule has 1 amide bonds. The first-order chi connectivity index (χ1) is 12.9. The lowest BCUT2D eigenvalue weighted by Crippen LogP contribution is -2.24. The summed E-state index contributed by atoms with van der Waals surface area (Å²) in [4.78, 5) is 31.0. The third kappa shape index (κ3) is 3.89. The number of hydrogen-bond acceptors (Lipinski definition) is 4. The standard InChI is InChI=1S/C20H16Cl2N2O3/c1-12-18(20(26)27-2)16(8-14-5-6-15(21)9-17(14)22)19(25)24(12)11-13-4-3-7-23-10-13/h3-10H,11H2,1-2H3. The quantitative estimate of drug-likeness (QED) is 0.566. The Kier molecular flexibility index (Phi) is 5.63. The largest absolute Gasteiger partial charge is 0.465 e. The molecule has 0 N–H and O–H groups in total. The van der Waals surface area contributed by atoms with E-state index in [-0.39, 0.29) is 17.1 Å². The van der Waals surface area contributed by atoms with Crippen molar-refractivity contribution in [3.63, 3.8) is 0 Å². The number of carbonyl (C=O) groups is 2. The zero-order valence-corrected chi connectivity index (χ0v) is 16.2. The Balaban J connectivity index is 2.06. The maximum Gasteiger partial charge on any atom is 0.340 e. The van der Waals surface area contributed by atoms with Crippen LogP contribution in [0.25, 0.3) is 6.08 Å². The number of benzene rings is 1. The van der Waals surface area contributed by atoms with Crippen LogP contribution in [0.15, 0.2) is 59.6 Å². The van der Waals surface area contributed by atoms with E-state index in [9.17, 15) is 9.59 Å². The van der Waals surface area contributed by atoms with Gasteiger partial charge in [-0.15, -0.1) is 0 Å². The van der Waals surface area contributed by atoms with Crippen molar-refractivity contribution in [2.45, 2.75) is 13.5 Å². The van der Waals surface area contributed by atoms with Crippen LogP contribution in [-0.4, -0.2) is 28.9 Å². The summed E-state index contributed by atoms with van der Waals surface area (Å²) in [7, 11) is 1.28. The molecule has 1 aromatic heterocycles. The first-order valence-corrected chi connectivity index (χ1v) is 8.85. The molecule has 0 saturated carbocycles. The van der Waals surface area contributed by atoms with Gasteiger partial charge >= 0.3 is 5.97 Å². The van der Waals surface area contributed by atoms with Gasteiger partial charge in [0, 0.05) is 28.1 Å². The van der Waals surface area contributed by atoms with Gasteiger partial charge in [-0.25, -0.2) is 4.79 Å². The second-order valence-electron chi connectivity index (χ2n) is 5.93. The summed E-state index contributed by atoms with van der Waals surface area (Å²) in [5.41, 5.74) is 2.40. The minimum atomic E-state index is -0.578. The summed E-state index contributed by atoms with van der Waals surface area (Å²) < 4.78 is 4.89. The van der Waals surface area contributed by atoms with Crippen LogP contribution in [0.2, 0.25) is 10.0 Å². The third-order valence-corrected chi connectivity index (χ3v) is 4.79. The van der Waals surface area contributed by atoms with Crippen molar-refractivity contribution in [1.82, 2.24) is 9.88 Å². The van der Waals surface area contributed by atoms with E-state index in [1.165, 1.54) is 12.0 Å². The Morgan fingerprint density at radius 2 is 2.07 bits per heavy atom. The molecule has 0 fully saturated rings. The van der Waals surface area contributed by atoms with E-state index in [4.69, 9.17) is 27.9 Å². The van der Waals surface area contributed by atoms with Gasteiger partial charge in [0.05, 0.1) is 24.8 Å². The number of rotatable bonds is 4. The number of nitrogens with zero attached hydrogens (tertiary/aromatic N) is 2.